The number of carbonyl (C=O) groups excluding carboxylic acids is 1. The minimum atomic E-state index is 0.0989. The zero-order valence-electron chi connectivity index (χ0n) is 14.0. The zero-order valence-corrected chi connectivity index (χ0v) is 14.8. The van der Waals surface area contributed by atoms with Crippen LogP contribution < -0.4 is 5.32 Å². The minimum Gasteiger partial charge on any atom is -0.353 e. The molecule has 1 aromatic carbocycles. The lowest BCUT2D eigenvalue weighted by molar-refractivity contribution is -0.119. The van der Waals surface area contributed by atoms with Crippen LogP contribution >= 0.6 is 11.8 Å². The van der Waals surface area contributed by atoms with E-state index < -0.39 is 0 Å². The molecule has 24 heavy (non-hydrogen) atoms. The van der Waals surface area contributed by atoms with Crippen LogP contribution in [0.5, 0.6) is 0 Å². The minimum absolute atomic E-state index is 0.0989. The summed E-state index contributed by atoms with van der Waals surface area (Å²) in [5, 5.41) is 7.10. The van der Waals surface area contributed by atoms with E-state index in [1.165, 1.54) is 30.2 Å². The van der Waals surface area contributed by atoms with Crippen molar-refractivity contribution in [3.8, 4) is 11.4 Å². The molecule has 0 spiro atoms. The molecule has 1 heterocycles. The molecule has 5 nitrogen and oxygen atoms in total. The first-order chi connectivity index (χ1) is 11.7. The molecule has 0 bridgehead atoms. The third-order valence-electron chi connectivity index (χ3n) is 4.27. The zero-order chi connectivity index (χ0) is 16.8. The lowest BCUT2D eigenvalue weighted by Crippen LogP contribution is -2.33. The van der Waals surface area contributed by atoms with Crippen LogP contribution in [0.4, 0.5) is 0 Å². The summed E-state index contributed by atoms with van der Waals surface area (Å²) in [4.78, 5) is 16.3. The molecule has 1 saturated carbocycles. The van der Waals surface area contributed by atoms with Crippen LogP contribution in [0.3, 0.4) is 0 Å². The first-order valence-electron chi connectivity index (χ1n) is 8.53. The number of amides is 1. The number of benzene rings is 1. The Morgan fingerprint density at radius 2 is 2.04 bits per heavy atom. The molecule has 2 aromatic rings. The fourth-order valence-corrected chi connectivity index (χ4v) is 3.55. The summed E-state index contributed by atoms with van der Waals surface area (Å²) >= 11 is 1.50. The third-order valence-corrected chi connectivity index (χ3v) is 5.18. The van der Waals surface area contributed by atoms with Gasteiger partial charge in [-0.3, -0.25) is 4.79 Å². The van der Waals surface area contributed by atoms with E-state index in [2.05, 4.69) is 34.5 Å². The molecule has 1 fully saturated rings. The van der Waals surface area contributed by atoms with E-state index in [0.29, 0.717) is 29.3 Å². The molecule has 0 saturated heterocycles. The highest BCUT2D eigenvalue weighted by Gasteiger charge is 2.17. The summed E-state index contributed by atoms with van der Waals surface area (Å²) in [7, 11) is 0. The lowest BCUT2D eigenvalue weighted by atomic mass is 10.1. The third kappa shape index (κ3) is 4.60. The van der Waals surface area contributed by atoms with Gasteiger partial charge in [-0.25, -0.2) is 0 Å². The number of thioether (sulfide) groups is 1. The number of aromatic nitrogens is 2. The molecule has 6 heteroatoms. The maximum Gasteiger partial charge on any atom is 0.236 e. The molecule has 1 N–H and O–H groups in total. The normalized spacial score (nSPS) is 14.9. The maximum atomic E-state index is 11.9. The summed E-state index contributed by atoms with van der Waals surface area (Å²) in [5.41, 5.74) is 2.23. The van der Waals surface area contributed by atoms with E-state index in [9.17, 15) is 4.79 Å². The van der Waals surface area contributed by atoms with E-state index in [1.54, 1.807) is 0 Å². The molecule has 0 aliphatic heterocycles. The van der Waals surface area contributed by atoms with Crippen molar-refractivity contribution in [2.75, 3.05) is 5.75 Å². The van der Waals surface area contributed by atoms with E-state index in [4.69, 9.17) is 4.52 Å². The Hall–Kier alpha value is -1.82. The van der Waals surface area contributed by atoms with E-state index in [-0.39, 0.29) is 5.91 Å². The summed E-state index contributed by atoms with van der Waals surface area (Å²) in [6.07, 6.45) is 5.68. The van der Waals surface area contributed by atoms with Gasteiger partial charge >= 0.3 is 0 Å². The Bertz CT molecular complexity index is 663. The monoisotopic (exact) mass is 345 g/mol. The molecule has 1 amide bonds. The van der Waals surface area contributed by atoms with Gasteiger partial charge in [0.2, 0.25) is 17.6 Å². The SMILES string of the molecule is CCc1ccc(-c2noc(CSCC(=O)NC3CCCC3)n2)cc1. The molecule has 3 rings (SSSR count). The quantitative estimate of drug-likeness (QED) is 0.830. The van der Waals surface area contributed by atoms with Crippen molar-refractivity contribution in [1.82, 2.24) is 15.5 Å². The number of hydrogen-bond acceptors (Lipinski definition) is 5. The predicted molar refractivity (Wildman–Crippen MR) is 95.7 cm³/mol. The van der Waals surface area contributed by atoms with Crippen LogP contribution in [-0.4, -0.2) is 27.8 Å². The summed E-state index contributed by atoms with van der Waals surface area (Å²) in [5.74, 6) is 2.24. The van der Waals surface area contributed by atoms with Crippen molar-refractivity contribution in [3.05, 3.63) is 35.7 Å². The van der Waals surface area contributed by atoms with Crippen LogP contribution in [0.25, 0.3) is 11.4 Å². The smallest absolute Gasteiger partial charge is 0.236 e. The van der Waals surface area contributed by atoms with Gasteiger partial charge < -0.3 is 9.84 Å². The molecule has 0 unspecified atom stereocenters. The summed E-state index contributed by atoms with van der Waals surface area (Å²) in [6.45, 7) is 2.13. The molecule has 1 aliphatic carbocycles. The van der Waals surface area contributed by atoms with Crippen molar-refractivity contribution in [1.29, 1.82) is 0 Å². The Labute approximate surface area is 146 Å². The summed E-state index contributed by atoms with van der Waals surface area (Å²) < 4.78 is 5.28. The fraction of sp³-hybridized carbons (Fsp3) is 0.500. The van der Waals surface area contributed by atoms with Crippen molar-refractivity contribution < 1.29 is 9.32 Å². The first-order valence-corrected chi connectivity index (χ1v) is 9.69. The number of aryl methyl sites for hydroxylation is 1. The van der Waals surface area contributed by atoms with Crippen molar-refractivity contribution in [2.24, 2.45) is 0 Å². The first kappa shape index (κ1) is 17.0. The van der Waals surface area contributed by atoms with Gasteiger partial charge in [0.25, 0.3) is 0 Å². The largest absolute Gasteiger partial charge is 0.353 e. The Balaban J connectivity index is 1.46. The number of nitrogens with zero attached hydrogens (tertiary/aromatic N) is 2. The average molecular weight is 345 g/mol. The molecule has 1 aliphatic rings. The van der Waals surface area contributed by atoms with Crippen LogP contribution in [0.15, 0.2) is 28.8 Å². The molecular formula is C18H23N3O2S. The van der Waals surface area contributed by atoms with Gasteiger partial charge in [-0.2, -0.15) is 4.98 Å². The van der Waals surface area contributed by atoms with Gasteiger partial charge in [-0.15, -0.1) is 11.8 Å². The Morgan fingerprint density at radius 1 is 1.29 bits per heavy atom. The van der Waals surface area contributed by atoms with Crippen molar-refractivity contribution >= 4 is 17.7 Å². The average Bonchev–Trinajstić information content (AvgIpc) is 3.27. The van der Waals surface area contributed by atoms with Crippen LogP contribution in [-0.2, 0) is 17.0 Å². The van der Waals surface area contributed by atoms with E-state index >= 15 is 0 Å². The number of rotatable bonds is 7. The fourth-order valence-electron chi connectivity index (χ4n) is 2.89. The summed E-state index contributed by atoms with van der Waals surface area (Å²) in [6, 6.07) is 8.55. The van der Waals surface area contributed by atoms with Gasteiger partial charge in [-0.05, 0) is 24.8 Å². The van der Waals surface area contributed by atoms with Gasteiger partial charge in [0.15, 0.2) is 0 Å². The standard InChI is InChI=1S/C18H23N3O2S/c1-2-13-7-9-14(10-8-13)18-20-17(23-21-18)12-24-11-16(22)19-15-5-3-4-6-15/h7-10,15H,2-6,11-12H2,1H3,(H,19,22). The molecule has 128 valence electrons. The number of hydrogen-bond donors (Lipinski definition) is 1. The van der Waals surface area contributed by atoms with Gasteiger partial charge in [0.1, 0.15) is 0 Å². The molecule has 1 aromatic heterocycles. The van der Waals surface area contributed by atoms with Crippen LogP contribution in [0.1, 0.15) is 44.1 Å². The van der Waals surface area contributed by atoms with Crippen molar-refractivity contribution in [3.63, 3.8) is 0 Å². The van der Waals surface area contributed by atoms with E-state index in [0.717, 1.165) is 24.8 Å². The molecular weight excluding hydrogens is 322 g/mol. The maximum absolute atomic E-state index is 11.9. The second kappa shape index (κ2) is 8.33. The van der Waals surface area contributed by atoms with Crippen molar-refractivity contribution in [2.45, 2.75) is 50.8 Å². The number of nitrogens with one attached hydrogen (secondary N) is 1. The topological polar surface area (TPSA) is 68.0 Å². The van der Waals surface area contributed by atoms with Crippen LogP contribution in [0.2, 0.25) is 0 Å². The van der Waals surface area contributed by atoms with Gasteiger partial charge in [0, 0.05) is 11.6 Å². The highest BCUT2D eigenvalue weighted by molar-refractivity contribution is 7.99. The van der Waals surface area contributed by atoms with Gasteiger partial charge in [-0.1, -0.05) is 49.2 Å². The van der Waals surface area contributed by atoms with E-state index in [1.807, 2.05) is 12.1 Å². The Kier molecular flexibility index (Phi) is 5.91. The van der Waals surface area contributed by atoms with Gasteiger partial charge in [0.05, 0.1) is 11.5 Å². The Morgan fingerprint density at radius 3 is 2.75 bits per heavy atom. The molecule has 0 radical (unpaired) electrons. The lowest BCUT2D eigenvalue weighted by Gasteiger charge is -2.10. The highest BCUT2D eigenvalue weighted by Crippen LogP contribution is 2.20. The molecule has 0 atom stereocenters. The predicted octanol–water partition coefficient (Wildman–Crippen LogP) is 3.59. The second-order valence-corrected chi connectivity index (χ2v) is 7.09. The number of carbonyl (C=O) groups is 1. The second-order valence-electron chi connectivity index (χ2n) is 6.10. The highest BCUT2D eigenvalue weighted by atomic mass is 32.2. The van der Waals surface area contributed by atoms with Crippen LogP contribution in [0, 0.1) is 0 Å².